The minimum Gasteiger partial charge on any atom is -0.392 e. The molecule has 0 spiro atoms. The van der Waals surface area contributed by atoms with E-state index in [0.717, 1.165) is 0 Å². The second-order valence-corrected chi connectivity index (χ2v) is 4.13. The Morgan fingerprint density at radius 2 is 1.52 bits per heavy atom. The van der Waals surface area contributed by atoms with Crippen LogP contribution in [0.3, 0.4) is 0 Å². The van der Waals surface area contributed by atoms with Gasteiger partial charge in [-0.15, -0.1) is 0 Å². The third-order valence-electron chi connectivity index (χ3n) is 2.86. The lowest BCUT2D eigenvalue weighted by atomic mass is 10.1. The molecule has 8 nitrogen and oxygen atoms in total. The van der Waals surface area contributed by atoms with Crippen LogP contribution >= 0.6 is 0 Å². The third kappa shape index (κ3) is 2.95. The first-order chi connectivity index (χ1) is 10.0. The smallest absolute Gasteiger partial charge is 0.299 e. The van der Waals surface area contributed by atoms with Gasteiger partial charge in [0.05, 0.1) is 16.5 Å². The molecule has 0 bridgehead atoms. The number of aliphatic hydroxyl groups excluding tert-OH is 1. The molecule has 0 amide bonds. The molecule has 2 aromatic rings. The van der Waals surface area contributed by atoms with Crippen LogP contribution in [0.15, 0.2) is 42.5 Å². The summed E-state index contributed by atoms with van der Waals surface area (Å²) in [5.41, 5.74) is -0.176. The molecule has 0 saturated carbocycles. The second-order valence-electron chi connectivity index (χ2n) is 4.13. The molecule has 2 aromatic carbocycles. The van der Waals surface area contributed by atoms with Crippen LogP contribution in [0.25, 0.3) is 0 Å². The fourth-order valence-corrected chi connectivity index (χ4v) is 1.88. The van der Waals surface area contributed by atoms with Crippen molar-refractivity contribution < 1.29 is 15.0 Å². The van der Waals surface area contributed by atoms with Crippen LogP contribution in [-0.2, 0) is 6.61 Å². The standard InChI is InChI=1S/C13H11N3O5/c17-8-9-4-1-2-5-10(9)14-13-11(15(18)19)6-3-7-12(13)16(20)21/h1-7,14,17H,8H2. The molecule has 0 heterocycles. The van der Waals surface area contributed by atoms with Crippen molar-refractivity contribution in [1.82, 2.24) is 0 Å². The van der Waals surface area contributed by atoms with Gasteiger partial charge in [-0.25, -0.2) is 0 Å². The molecule has 21 heavy (non-hydrogen) atoms. The average Bonchev–Trinajstić information content (AvgIpc) is 2.47. The number of hydrogen-bond acceptors (Lipinski definition) is 6. The molecule has 0 radical (unpaired) electrons. The lowest BCUT2D eigenvalue weighted by molar-refractivity contribution is -0.392. The minimum absolute atomic E-state index is 0.214. The van der Waals surface area contributed by atoms with Gasteiger partial charge in [0.15, 0.2) is 5.69 Å². The molecule has 0 aliphatic heterocycles. The zero-order valence-electron chi connectivity index (χ0n) is 10.7. The van der Waals surface area contributed by atoms with Gasteiger partial charge >= 0.3 is 0 Å². The first kappa shape index (κ1) is 14.4. The fourth-order valence-electron chi connectivity index (χ4n) is 1.88. The SMILES string of the molecule is O=[N+]([O-])c1cccc([N+](=O)[O-])c1Nc1ccccc1CO. The molecule has 0 saturated heterocycles. The Balaban J connectivity index is 2.56. The van der Waals surface area contributed by atoms with Gasteiger partial charge in [-0.3, -0.25) is 20.2 Å². The van der Waals surface area contributed by atoms with Crippen molar-refractivity contribution in [2.45, 2.75) is 6.61 Å². The number of anilines is 2. The number of aliphatic hydroxyl groups is 1. The number of benzene rings is 2. The number of hydrogen-bond donors (Lipinski definition) is 2. The highest BCUT2D eigenvalue weighted by Crippen LogP contribution is 2.36. The highest BCUT2D eigenvalue weighted by Gasteiger charge is 2.25. The van der Waals surface area contributed by atoms with Gasteiger partial charge in [0.2, 0.25) is 0 Å². The van der Waals surface area contributed by atoms with Crippen LogP contribution in [-0.4, -0.2) is 15.0 Å². The summed E-state index contributed by atoms with van der Waals surface area (Å²) in [6.07, 6.45) is 0. The fraction of sp³-hybridized carbons (Fsp3) is 0.0769. The van der Waals surface area contributed by atoms with Crippen molar-refractivity contribution in [3.05, 3.63) is 68.3 Å². The topological polar surface area (TPSA) is 119 Å². The van der Waals surface area contributed by atoms with E-state index in [2.05, 4.69) is 5.32 Å². The van der Waals surface area contributed by atoms with Gasteiger partial charge < -0.3 is 10.4 Å². The van der Waals surface area contributed by atoms with E-state index in [4.69, 9.17) is 0 Å². The van der Waals surface area contributed by atoms with E-state index >= 15 is 0 Å². The molecular formula is C13H11N3O5. The largest absolute Gasteiger partial charge is 0.392 e. The van der Waals surface area contributed by atoms with E-state index < -0.39 is 21.2 Å². The monoisotopic (exact) mass is 289 g/mol. The summed E-state index contributed by atoms with van der Waals surface area (Å²) in [7, 11) is 0. The van der Waals surface area contributed by atoms with Gasteiger partial charge in [-0.05, 0) is 12.1 Å². The van der Waals surface area contributed by atoms with Crippen LogP contribution in [0.5, 0.6) is 0 Å². The summed E-state index contributed by atoms with van der Waals surface area (Å²) < 4.78 is 0. The summed E-state index contributed by atoms with van der Waals surface area (Å²) in [5.74, 6) is 0. The van der Waals surface area contributed by atoms with Gasteiger partial charge in [-0.1, -0.05) is 18.2 Å². The number of para-hydroxylation sites is 2. The van der Waals surface area contributed by atoms with E-state index in [1.807, 2.05) is 0 Å². The number of nitrogens with one attached hydrogen (secondary N) is 1. The van der Waals surface area contributed by atoms with Crippen LogP contribution in [0, 0.1) is 20.2 Å². The van der Waals surface area contributed by atoms with Crippen molar-refractivity contribution in [3.8, 4) is 0 Å². The predicted octanol–water partition coefficient (Wildman–Crippen LogP) is 2.74. The summed E-state index contributed by atoms with van der Waals surface area (Å²) in [4.78, 5) is 20.7. The Morgan fingerprint density at radius 1 is 0.952 bits per heavy atom. The number of nitro benzene ring substituents is 2. The van der Waals surface area contributed by atoms with Gasteiger partial charge in [-0.2, -0.15) is 0 Å². The molecule has 0 fully saturated rings. The Labute approximate surface area is 119 Å². The van der Waals surface area contributed by atoms with E-state index in [1.54, 1.807) is 24.3 Å². The van der Waals surface area contributed by atoms with E-state index in [9.17, 15) is 25.3 Å². The predicted molar refractivity (Wildman–Crippen MR) is 75.4 cm³/mol. The summed E-state index contributed by atoms with van der Waals surface area (Å²) in [6.45, 7) is -0.294. The number of nitrogens with zero attached hydrogens (tertiary/aromatic N) is 2. The molecule has 2 rings (SSSR count). The summed E-state index contributed by atoms with van der Waals surface area (Å²) in [5, 5.41) is 34.0. The maximum absolute atomic E-state index is 11.0. The van der Waals surface area contributed by atoms with Crippen molar-refractivity contribution in [2.75, 3.05) is 5.32 Å². The van der Waals surface area contributed by atoms with E-state index in [1.165, 1.54) is 18.2 Å². The van der Waals surface area contributed by atoms with E-state index in [0.29, 0.717) is 11.3 Å². The Morgan fingerprint density at radius 3 is 2.05 bits per heavy atom. The molecule has 8 heteroatoms. The van der Waals surface area contributed by atoms with Crippen LogP contribution in [0.4, 0.5) is 22.7 Å². The Kier molecular flexibility index (Phi) is 4.10. The molecule has 0 aromatic heterocycles. The Hall–Kier alpha value is -3.00. The molecular weight excluding hydrogens is 278 g/mol. The first-order valence-electron chi connectivity index (χ1n) is 5.92. The molecule has 0 aliphatic rings. The average molecular weight is 289 g/mol. The van der Waals surface area contributed by atoms with Gasteiger partial charge in [0, 0.05) is 23.4 Å². The number of nitro groups is 2. The zero-order chi connectivity index (χ0) is 15.4. The van der Waals surface area contributed by atoms with Crippen molar-refractivity contribution >= 4 is 22.7 Å². The first-order valence-corrected chi connectivity index (χ1v) is 5.92. The Bertz CT molecular complexity index is 670. The van der Waals surface area contributed by atoms with Crippen molar-refractivity contribution in [2.24, 2.45) is 0 Å². The zero-order valence-corrected chi connectivity index (χ0v) is 10.7. The number of rotatable bonds is 5. The lowest BCUT2D eigenvalue weighted by Gasteiger charge is -2.10. The van der Waals surface area contributed by atoms with E-state index in [-0.39, 0.29) is 12.3 Å². The molecule has 108 valence electrons. The highest BCUT2D eigenvalue weighted by atomic mass is 16.6. The maximum atomic E-state index is 11.0. The van der Waals surface area contributed by atoms with Crippen LogP contribution < -0.4 is 5.32 Å². The third-order valence-corrected chi connectivity index (χ3v) is 2.86. The lowest BCUT2D eigenvalue weighted by Crippen LogP contribution is -2.03. The van der Waals surface area contributed by atoms with Crippen molar-refractivity contribution in [1.29, 1.82) is 0 Å². The quantitative estimate of drug-likeness (QED) is 0.645. The van der Waals surface area contributed by atoms with Crippen molar-refractivity contribution in [3.63, 3.8) is 0 Å². The van der Waals surface area contributed by atoms with Crippen LogP contribution in [0.1, 0.15) is 5.56 Å². The van der Waals surface area contributed by atoms with Gasteiger partial charge in [0.1, 0.15) is 0 Å². The second kappa shape index (κ2) is 5.97. The molecule has 0 unspecified atom stereocenters. The highest BCUT2D eigenvalue weighted by molar-refractivity contribution is 5.79. The molecule has 2 N–H and O–H groups in total. The van der Waals surface area contributed by atoms with Gasteiger partial charge in [0.25, 0.3) is 11.4 Å². The molecule has 0 atom stereocenters. The summed E-state index contributed by atoms with van der Waals surface area (Å²) >= 11 is 0. The normalized spacial score (nSPS) is 10.1. The minimum atomic E-state index is -0.698. The molecule has 0 aliphatic carbocycles. The van der Waals surface area contributed by atoms with Crippen LogP contribution in [0.2, 0.25) is 0 Å². The maximum Gasteiger partial charge on any atom is 0.299 e. The summed E-state index contributed by atoms with van der Waals surface area (Å²) in [6, 6.07) is 10.1.